The smallest absolute Gasteiger partial charge is 0.151 e. The van der Waals surface area contributed by atoms with Gasteiger partial charge in [0.25, 0.3) is 0 Å². The molecule has 0 atom stereocenters. The summed E-state index contributed by atoms with van der Waals surface area (Å²) in [6.07, 6.45) is 6.69. The number of nitrogens with one attached hydrogen (secondary N) is 1. The third-order valence-electron chi connectivity index (χ3n) is 1.36. The molecule has 0 radical (unpaired) electrons. The van der Waals surface area contributed by atoms with Crippen molar-refractivity contribution >= 4 is 5.78 Å². The number of hydrogen-bond donors (Lipinski definition) is 1. The largest absolute Gasteiger partial charge is 0.384 e. The van der Waals surface area contributed by atoms with Crippen molar-refractivity contribution in [3.05, 3.63) is 12.3 Å². The Hall–Kier alpha value is -0.790. The number of carbonyl (C=O) groups excluding carboxylic acids is 1. The predicted octanol–water partition coefficient (Wildman–Crippen LogP) is 0.843. The van der Waals surface area contributed by atoms with Crippen LogP contribution in [0.15, 0.2) is 12.3 Å². The molecule has 0 fully saturated rings. The molecule has 1 N–H and O–H groups in total. The second-order valence-corrected chi connectivity index (χ2v) is 2.21. The fraction of sp³-hybridized carbons (Fsp3) is 0.571. The lowest BCUT2D eigenvalue weighted by Crippen LogP contribution is -2.18. The minimum Gasteiger partial charge on any atom is -0.384 e. The van der Waals surface area contributed by atoms with Crippen molar-refractivity contribution < 1.29 is 4.79 Å². The zero-order chi connectivity index (χ0) is 6.53. The Morgan fingerprint density at radius 3 is 3.33 bits per heavy atom. The highest BCUT2D eigenvalue weighted by molar-refractivity contribution is 5.80. The molecule has 0 aromatic heterocycles. The van der Waals surface area contributed by atoms with Crippen LogP contribution in [0.1, 0.15) is 19.3 Å². The zero-order valence-electron chi connectivity index (χ0n) is 5.39. The first-order valence-corrected chi connectivity index (χ1v) is 3.30. The molecule has 0 saturated heterocycles. The summed E-state index contributed by atoms with van der Waals surface area (Å²) in [5, 5.41) is 2.91. The predicted molar refractivity (Wildman–Crippen MR) is 36.0 cm³/mol. The molecule has 0 spiro atoms. The van der Waals surface area contributed by atoms with Crippen molar-refractivity contribution in [2.75, 3.05) is 6.54 Å². The van der Waals surface area contributed by atoms with E-state index in [1.807, 2.05) is 6.20 Å². The van der Waals surface area contributed by atoms with E-state index < -0.39 is 0 Å². The molecule has 2 nitrogen and oxygen atoms in total. The van der Waals surface area contributed by atoms with E-state index in [1.165, 1.54) is 0 Å². The van der Waals surface area contributed by atoms with Gasteiger partial charge in [-0.05, 0) is 19.0 Å². The van der Waals surface area contributed by atoms with Crippen LogP contribution in [0.5, 0.6) is 0 Å². The number of rotatable bonds is 0. The summed E-state index contributed by atoms with van der Waals surface area (Å²) in [7, 11) is 0. The number of hydrogen-bond acceptors (Lipinski definition) is 2. The number of allylic oxidation sites excluding steroid dienone is 1. The van der Waals surface area contributed by atoms with E-state index in [1.54, 1.807) is 0 Å². The minimum absolute atomic E-state index is 0.319. The third kappa shape index (κ3) is 2.31. The van der Waals surface area contributed by atoms with Gasteiger partial charge in [0.05, 0.1) is 6.54 Å². The SMILES string of the molecule is O=C1CCC/C=C\NC1. The van der Waals surface area contributed by atoms with Crippen molar-refractivity contribution in [2.45, 2.75) is 19.3 Å². The summed E-state index contributed by atoms with van der Waals surface area (Å²) in [5.74, 6) is 0.319. The highest BCUT2D eigenvalue weighted by Gasteiger charge is 1.99. The van der Waals surface area contributed by atoms with E-state index in [2.05, 4.69) is 11.4 Å². The summed E-state index contributed by atoms with van der Waals surface area (Å²) >= 11 is 0. The molecule has 0 amide bonds. The normalized spacial score (nSPS) is 23.8. The van der Waals surface area contributed by atoms with Crippen LogP contribution in [0.4, 0.5) is 0 Å². The van der Waals surface area contributed by atoms with E-state index in [9.17, 15) is 4.79 Å². The van der Waals surface area contributed by atoms with Gasteiger partial charge in [0, 0.05) is 6.42 Å². The maximum absolute atomic E-state index is 10.7. The topological polar surface area (TPSA) is 29.1 Å². The molecule has 1 aliphatic rings. The number of Topliss-reactive ketones (excluding diaryl/α,β-unsaturated/α-hetero) is 1. The second-order valence-electron chi connectivity index (χ2n) is 2.21. The summed E-state index contributed by atoms with van der Waals surface area (Å²) in [6, 6.07) is 0. The van der Waals surface area contributed by atoms with Gasteiger partial charge in [0.2, 0.25) is 0 Å². The van der Waals surface area contributed by atoms with Gasteiger partial charge in [0.1, 0.15) is 0 Å². The van der Waals surface area contributed by atoms with Gasteiger partial charge >= 0.3 is 0 Å². The van der Waals surface area contributed by atoms with Gasteiger partial charge in [-0.1, -0.05) is 6.08 Å². The molecular formula is C7H11NO. The average molecular weight is 125 g/mol. The second kappa shape index (κ2) is 3.28. The molecular weight excluding hydrogens is 114 g/mol. The van der Waals surface area contributed by atoms with E-state index in [4.69, 9.17) is 0 Å². The van der Waals surface area contributed by atoms with E-state index in [0.29, 0.717) is 12.3 Å². The van der Waals surface area contributed by atoms with Crippen molar-refractivity contribution in [1.29, 1.82) is 0 Å². The highest BCUT2D eigenvalue weighted by atomic mass is 16.1. The molecule has 1 aliphatic heterocycles. The van der Waals surface area contributed by atoms with Gasteiger partial charge in [0.15, 0.2) is 5.78 Å². The van der Waals surface area contributed by atoms with Crippen LogP contribution in [-0.4, -0.2) is 12.3 Å². The maximum Gasteiger partial charge on any atom is 0.151 e. The van der Waals surface area contributed by atoms with Gasteiger partial charge < -0.3 is 5.32 Å². The lowest BCUT2D eigenvalue weighted by atomic mass is 10.1. The Labute approximate surface area is 54.9 Å². The van der Waals surface area contributed by atoms with Crippen LogP contribution in [0, 0.1) is 0 Å². The number of carbonyl (C=O) groups is 1. The monoisotopic (exact) mass is 125 g/mol. The fourth-order valence-electron chi connectivity index (χ4n) is 0.845. The molecule has 50 valence electrons. The fourth-order valence-corrected chi connectivity index (χ4v) is 0.845. The van der Waals surface area contributed by atoms with Crippen LogP contribution in [0.2, 0.25) is 0 Å². The van der Waals surface area contributed by atoms with Crippen LogP contribution < -0.4 is 5.32 Å². The molecule has 0 bridgehead atoms. The standard InChI is InChI=1S/C7H11NO/c9-7-4-2-1-3-5-8-6-7/h3,5,8H,1-2,4,6H2/b5-3-. The highest BCUT2D eigenvalue weighted by Crippen LogP contribution is 1.98. The van der Waals surface area contributed by atoms with Crippen LogP contribution in [0.25, 0.3) is 0 Å². The Bertz CT molecular complexity index is 129. The molecule has 2 heteroatoms. The third-order valence-corrected chi connectivity index (χ3v) is 1.36. The van der Waals surface area contributed by atoms with Crippen molar-refractivity contribution in [1.82, 2.24) is 5.32 Å². The maximum atomic E-state index is 10.7. The summed E-state index contributed by atoms with van der Waals surface area (Å²) in [6.45, 7) is 0.510. The molecule has 1 rings (SSSR count). The summed E-state index contributed by atoms with van der Waals surface area (Å²) in [4.78, 5) is 10.7. The quantitative estimate of drug-likeness (QED) is 0.520. The lowest BCUT2D eigenvalue weighted by molar-refractivity contribution is -0.118. The first-order chi connectivity index (χ1) is 4.39. The van der Waals surface area contributed by atoms with E-state index in [0.717, 1.165) is 19.3 Å². The van der Waals surface area contributed by atoms with Crippen molar-refractivity contribution in [3.63, 3.8) is 0 Å². The van der Waals surface area contributed by atoms with Gasteiger partial charge in [-0.25, -0.2) is 0 Å². The number of ketones is 1. The summed E-state index contributed by atoms with van der Waals surface area (Å²) in [5.41, 5.74) is 0. The van der Waals surface area contributed by atoms with Gasteiger partial charge in [-0.3, -0.25) is 4.79 Å². The lowest BCUT2D eigenvalue weighted by Gasteiger charge is -2.02. The minimum atomic E-state index is 0.319. The first kappa shape index (κ1) is 6.33. The molecule has 0 aromatic rings. The average Bonchev–Trinajstić information content (AvgIpc) is 1.79. The molecule has 1 heterocycles. The van der Waals surface area contributed by atoms with Crippen LogP contribution in [0.3, 0.4) is 0 Å². The first-order valence-electron chi connectivity index (χ1n) is 3.30. The van der Waals surface area contributed by atoms with E-state index in [-0.39, 0.29) is 0 Å². The molecule has 0 saturated carbocycles. The Kier molecular flexibility index (Phi) is 2.31. The Morgan fingerprint density at radius 2 is 2.44 bits per heavy atom. The van der Waals surface area contributed by atoms with Gasteiger partial charge in [-0.2, -0.15) is 0 Å². The van der Waals surface area contributed by atoms with Crippen LogP contribution in [-0.2, 0) is 4.79 Å². The molecule has 9 heavy (non-hydrogen) atoms. The van der Waals surface area contributed by atoms with Crippen molar-refractivity contribution in [3.8, 4) is 0 Å². The summed E-state index contributed by atoms with van der Waals surface area (Å²) < 4.78 is 0. The van der Waals surface area contributed by atoms with E-state index >= 15 is 0 Å². The molecule has 0 unspecified atom stereocenters. The molecule has 0 aromatic carbocycles. The van der Waals surface area contributed by atoms with Gasteiger partial charge in [-0.15, -0.1) is 0 Å². The van der Waals surface area contributed by atoms with Crippen molar-refractivity contribution in [2.24, 2.45) is 0 Å². The zero-order valence-corrected chi connectivity index (χ0v) is 5.39. The Morgan fingerprint density at radius 1 is 1.56 bits per heavy atom. The van der Waals surface area contributed by atoms with Crippen LogP contribution >= 0.6 is 0 Å². The Balaban J connectivity index is 2.35. The molecule has 0 aliphatic carbocycles.